The maximum Gasteiger partial charge on any atom is 0.243 e. The fraction of sp³-hybridized carbons (Fsp3) is 0.364. The first-order valence-electron chi connectivity index (χ1n) is 9.25. The van der Waals surface area contributed by atoms with E-state index >= 15 is 0 Å². The SMILES string of the molecule is COc1ccccc1C(C)N(C)CC(=O)N(C)CC(=O)Nc1ccc(C)cc1. The minimum atomic E-state index is -0.222. The van der Waals surface area contributed by atoms with E-state index in [1.165, 1.54) is 4.90 Å². The second-order valence-corrected chi connectivity index (χ2v) is 7.00. The van der Waals surface area contributed by atoms with Gasteiger partial charge in [-0.3, -0.25) is 14.5 Å². The maximum atomic E-state index is 12.5. The number of hydrogen-bond donors (Lipinski definition) is 1. The summed E-state index contributed by atoms with van der Waals surface area (Å²) in [5.41, 5.74) is 2.86. The summed E-state index contributed by atoms with van der Waals surface area (Å²) in [7, 11) is 5.16. The Bertz CT molecular complexity index is 805. The van der Waals surface area contributed by atoms with Gasteiger partial charge in [-0.15, -0.1) is 0 Å². The molecule has 0 fully saturated rings. The predicted octanol–water partition coefficient (Wildman–Crippen LogP) is 3.09. The zero-order valence-corrected chi connectivity index (χ0v) is 17.2. The summed E-state index contributed by atoms with van der Waals surface area (Å²) >= 11 is 0. The molecule has 0 bridgehead atoms. The largest absolute Gasteiger partial charge is 0.496 e. The Hall–Kier alpha value is -2.86. The van der Waals surface area contributed by atoms with Crippen LogP contribution in [0.1, 0.15) is 24.1 Å². The van der Waals surface area contributed by atoms with Crippen molar-refractivity contribution < 1.29 is 14.3 Å². The Morgan fingerprint density at radius 1 is 1.04 bits per heavy atom. The van der Waals surface area contributed by atoms with Crippen molar-refractivity contribution in [3.63, 3.8) is 0 Å². The number of nitrogens with one attached hydrogen (secondary N) is 1. The van der Waals surface area contributed by atoms with Gasteiger partial charge < -0.3 is 15.0 Å². The number of benzene rings is 2. The van der Waals surface area contributed by atoms with Crippen molar-refractivity contribution in [2.75, 3.05) is 39.6 Å². The smallest absolute Gasteiger partial charge is 0.243 e. The molecule has 0 aliphatic rings. The number of carbonyl (C=O) groups excluding carboxylic acids is 2. The van der Waals surface area contributed by atoms with E-state index < -0.39 is 0 Å². The summed E-state index contributed by atoms with van der Waals surface area (Å²) in [6.07, 6.45) is 0. The second-order valence-electron chi connectivity index (χ2n) is 7.00. The van der Waals surface area contributed by atoms with Crippen LogP contribution in [0.25, 0.3) is 0 Å². The highest BCUT2D eigenvalue weighted by atomic mass is 16.5. The summed E-state index contributed by atoms with van der Waals surface area (Å²) in [6.45, 7) is 4.22. The van der Waals surface area contributed by atoms with Crippen LogP contribution >= 0.6 is 0 Å². The molecule has 6 heteroatoms. The maximum absolute atomic E-state index is 12.5. The number of nitrogens with zero attached hydrogens (tertiary/aromatic N) is 2. The van der Waals surface area contributed by atoms with Gasteiger partial charge in [0.05, 0.1) is 20.2 Å². The lowest BCUT2D eigenvalue weighted by Crippen LogP contribution is -2.41. The van der Waals surface area contributed by atoms with Crippen LogP contribution in [0.2, 0.25) is 0 Å². The van der Waals surface area contributed by atoms with Crippen molar-refractivity contribution in [3.05, 3.63) is 59.7 Å². The molecule has 1 N–H and O–H groups in total. The molecule has 6 nitrogen and oxygen atoms in total. The predicted molar refractivity (Wildman–Crippen MR) is 111 cm³/mol. The zero-order valence-electron chi connectivity index (χ0n) is 17.2. The number of methoxy groups -OCH3 is 1. The highest BCUT2D eigenvalue weighted by Gasteiger charge is 2.20. The van der Waals surface area contributed by atoms with Gasteiger partial charge in [0.15, 0.2) is 0 Å². The molecule has 2 amide bonds. The Balaban J connectivity index is 1.90. The molecule has 0 spiro atoms. The number of para-hydroxylation sites is 1. The summed E-state index contributed by atoms with van der Waals surface area (Å²) < 4.78 is 5.41. The van der Waals surface area contributed by atoms with Crippen molar-refractivity contribution >= 4 is 17.5 Å². The first-order chi connectivity index (χ1) is 13.3. The minimum Gasteiger partial charge on any atom is -0.496 e. The molecular weight excluding hydrogens is 354 g/mol. The van der Waals surface area contributed by atoms with E-state index in [4.69, 9.17) is 4.74 Å². The van der Waals surface area contributed by atoms with E-state index in [0.29, 0.717) is 0 Å². The van der Waals surface area contributed by atoms with Crippen LogP contribution in [0, 0.1) is 6.92 Å². The van der Waals surface area contributed by atoms with Crippen LogP contribution in [-0.4, -0.2) is 55.9 Å². The quantitative estimate of drug-likeness (QED) is 0.761. The van der Waals surface area contributed by atoms with Gasteiger partial charge in [-0.25, -0.2) is 0 Å². The molecule has 0 saturated carbocycles. The van der Waals surface area contributed by atoms with Crippen LogP contribution in [0.15, 0.2) is 48.5 Å². The van der Waals surface area contributed by atoms with Gasteiger partial charge in [0, 0.05) is 24.3 Å². The monoisotopic (exact) mass is 383 g/mol. The number of likely N-dealkylation sites (N-methyl/N-ethyl adjacent to an activating group) is 2. The third-order valence-electron chi connectivity index (χ3n) is 4.78. The minimum absolute atomic E-state index is 0.00356. The van der Waals surface area contributed by atoms with E-state index in [2.05, 4.69) is 5.32 Å². The fourth-order valence-electron chi connectivity index (χ4n) is 2.86. The van der Waals surface area contributed by atoms with E-state index in [0.717, 1.165) is 22.6 Å². The second kappa shape index (κ2) is 9.90. The Morgan fingerprint density at radius 2 is 1.68 bits per heavy atom. The van der Waals surface area contributed by atoms with Crippen LogP contribution in [0.4, 0.5) is 5.69 Å². The summed E-state index contributed by atoms with van der Waals surface area (Å²) in [5.74, 6) is 0.448. The molecule has 2 rings (SSSR count). The molecule has 0 aliphatic carbocycles. The number of hydrogen-bond acceptors (Lipinski definition) is 4. The molecule has 2 aromatic carbocycles. The zero-order chi connectivity index (χ0) is 20.7. The highest BCUT2D eigenvalue weighted by molar-refractivity contribution is 5.94. The average Bonchev–Trinajstić information content (AvgIpc) is 2.68. The third-order valence-corrected chi connectivity index (χ3v) is 4.78. The topological polar surface area (TPSA) is 61.9 Å². The molecule has 2 aromatic rings. The lowest BCUT2D eigenvalue weighted by molar-refractivity contribution is -0.134. The molecule has 0 aromatic heterocycles. The van der Waals surface area contributed by atoms with Crippen LogP contribution < -0.4 is 10.1 Å². The van der Waals surface area contributed by atoms with Crippen molar-refractivity contribution in [1.29, 1.82) is 0 Å². The Kier molecular flexibility index (Phi) is 7.58. The van der Waals surface area contributed by atoms with Crippen LogP contribution in [-0.2, 0) is 9.59 Å². The van der Waals surface area contributed by atoms with Crippen molar-refractivity contribution in [2.45, 2.75) is 19.9 Å². The molecule has 150 valence electrons. The van der Waals surface area contributed by atoms with Crippen LogP contribution in [0.3, 0.4) is 0 Å². The number of carbonyl (C=O) groups is 2. The molecule has 0 saturated heterocycles. The molecule has 0 aliphatic heterocycles. The van der Waals surface area contributed by atoms with E-state index in [1.807, 2.05) is 74.3 Å². The first-order valence-corrected chi connectivity index (χ1v) is 9.25. The van der Waals surface area contributed by atoms with Crippen molar-refractivity contribution in [3.8, 4) is 5.75 Å². The van der Waals surface area contributed by atoms with Crippen LogP contribution in [0.5, 0.6) is 5.75 Å². The van der Waals surface area contributed by atoms with Gasteiger partial charge >= 0.3 is 0 Å². The number of rotatable bonds is 8. The standard InChI is InChI=1S/C22H29N3O3/c1-16-10-12-18(13-11-16)23-21(26)14-25(4)22(27)15-24(3)17(2)19-8-6-7-9-20(19)28-5/h6-13,17H,14-15H2,1-5H3,(H,23,26). The molecule has 28 heavy (non-hydrogen) atoms. The number of anilines is 1. The molecule has 0 radical (unpaired) electrons. The summed E-state index contributed by atoms with van der Waals surface area (Å²) in [4.78, 5) is 28.1. The molecule has 0 heterocycles. The van der Waals surface area contributed by atoms with Crippen molar-refractivity contribution in [2.24, 2.45) is 0 Å². The van der Waals surface area contributed by atoms with E-state index in [1.54, 1.807) is 14.2 Å². The van der Waals surface area contributed by atoms with Gasteiger partial charge in [0.2, 0.25) is 11.8 Å². The van der Waals surface area contributed by atoms with Gasteiger partial charge in [0.1, 0.15) is 5.75 Å². The van der Waals surface area contributed by atoms with E-state index in [-0.39, 0.29) is 30.9 Å². The van der Waals surface area contributed by atoms with Gasteiger partial charge in [-0.2, -0.15) is 0 Å². The first kappa shape index (κ1) is 21.4. The summed E-state index contributed by atoms with van der Waals surface area (Å²) in [6, 6.07) is 15.3. The summed E-state index contributed by atoms with van der Waals surface area (Å²) in [5, 5.41) is 2.81. The van der Waals surface area contributed by atoms with Gasteiger partial charge in [0.25, 0.3) is 0 Å². The van der Waals surface area contributed by atoms with Gasteiger partial charge in [-0.1, -0.05) is 35.9 Å². The number of ether oxygens (including phenoxy) is 1. The molecule has 1 unspecified atom stereocenters. The lowest BCUT2D eigenvalue weighted by atomic mass is 10.1. The third kappa shape index (κ3) is 5.82. The lowest BCUT2D eigenvalue weighted by Gasteiger charge is -2.27. The Morgan fingerprint density at radius 3 is 2.32 bits per heavy atom. The number of aryl methyl sites for hydroxylation is 1. The van der Waals surface area contributed by atoms with Crippen molar-refractivity contribution in [1.82, 2.24) is 9.80 Å². The van der Waals surface area contributed by atoms with Gasteiger partial charge in [-0.05, 0) is 39.1 Å². The number of amides is 2. The van der Waals surface area contributed by atoms with E-state index in [9.17, 15) is 9.59 Å². The molecule has 1 atom stereocenters. The Labute approximate surface area is 167 Å². The highest BCUT2D eigenvalue weighted by Crippen LogP contribution is 2.27. The normalized spacial score (nSPS) is 11.8. The molecular formula is C22H29N3O3. The average molecular weight is 383 g/mol. The fourth-order valence-corrected chi connectivity index (χ4v) is 2.86.